The van der Waals surface area contributed by atoms with Gasteiger partial charge in [0.1, 0.15) is 17.8 Å². The van der Waals surface area contributed by atoms with Gasteiger partial charge in [-0.25, -0.2) is 4.68 Å². The molecule has 2 aromatic carbocycles. The lowest BCUT2D eigenvalue weighted by atomic mass is 10.2. The van der Waals surface area contributed by atoms with Crippen molar-refractivity contribution in [2.24, 2.45) is 0 Å². The highest BCUT2D eigenvalue weighted by Crippen LogP contribution is 2.13. The Bertz CT molecular complexity index is 887. The second-order valence-electron chi connectivity index (χ2n) is 4.66. The number of nitrogens with zero attached hydrogens (tertiary/aromatic N) is 3. The average Bonchev–Trinajstić information content (AvgIpc) is 2.53. The van der Waals surface area contributed by atoms with Crippen molar-refractivity contribution >= 4 is 22.5 Å². The minimum Gasteiger partial charge on any atom is -0.508 e. The van der Waals surface area contributed by atoms with Crippen LogP contribution < -0.4 is 10.9 Å². The molecule has 110 valence electrons. The number of rotatable bonds is 3. The van der Waals surface area contributed by atoms with Crippen LogP contribution in [-0.4, -0.2) is 26.0 Å². The second-order valence-corrected chi connectivity index (χ2v) is 4.66. The number of benzene rings is 2. The number of carbonyl (C=O) groups excluding carboxylic acids is 1. The Labute approximate surface area is 124 Å². The third kappa shape index (κ3) is 2.78. The molecule has 0 saturated heterocycles. The Morgan fingerprint density at radius 2 is 1.86 bits per heavy atom. The summed E-state index contributed by atoms with van der Waals surface area (Å²) in [6.07, 6.45) is 0. The van der Waals surface area contributed by atoms with Gasteiger partial charge >= 0.3 is 0 Å². The highest BCUT2D eigenvalue weighted by molar-refractivity contribution is 5.90. The lowest BCUT2D eigenvalue weighted by Crippen LogP contribution is -2.30. The molecule has 22 heavy (non-hydrogen) atoms. The maximum atomic E-state index is 12.2. The number of anilines is 1. The molecule has 7 heteroatoms. The molecule has 3 rings (SSSR count). The minimum atomic E-state index is -0.405. The molecule has 0 aliphatic carbocycles. The van der Waals surface area contributed by atoms with Gasteiger partial charge in [-0.05, 0) is 36.4 Å². The average molecular weight is 296 g/mol. The molecule has 0 radical (unpaired) electrons. The molecule has 0 saturated carbocycles. The van der Waals surface area contributed by atoms with Gasteiger partial charge in [0.05, 0.1) is 5.39 Å². The number of phenolic OH excluding ortho intramolecular Hbond substituents is 1. The molecule has 1 aromatic heterocycles. The first kappa shape index (κ1) is 13.7. The van der Waals surface area contributed by atoms with E-state index in [1.807, 2.05) is 0 Å². The molecule has 0 aliphatic rings. The normalized spacial score (nSPS) is 10.5. The van der Waals surface area contributed by atoms with Crippen molar-refractivity contribution in [3.63, 3.8) is 0 Å². The van der Waals surface area contributed by atoms with Gasteiger partial charge in [0.15, 0.2) is 0 Å². The molecule has 2 N–H and O–H groups in total. The van der Waals surface area contributed by atoms with Gasteiger partial charge in [0, 0.05) is 5.69 Å². The Morgan fingerprint density at radius 1 is 1.14 bits per heavy atom. The molecular formula is C15H12N4O3. The van der Waals surface area contributed by atoms with E-state index in [9.17, 15) is 14.7 Å². The predicted molar refractivity (Wildman–Crippen MR) is 80.5 cm³/mol. The summed E-state index contributed by atoms with van der Waals surface area (Å²) in [7, 11) is 0. The summed E-state index contributed by atoms with van der Waals surface area (Å²) < 4.78 is 1.01. The van der Waals surface area contributed by atoms with Crippen LogP contribution in [0, 0.1) is 0 Å². The van der Waals surface area contributed by atoms with Crippen LogP contribution >= 0.6 is 0 Å². The van der Waals surface area contributed by atoms with E-state index in [0.717, 1.165) is 4.68 Å². The highest BCUT2D eigenvalue weighted by atomic mass is 16.3. The fourth-order valence-electron chi connectivity index (χ4n) is 2.01. The van der Waals surface area contributed by atoms with E-state index in [1.165, 1.54) is 12.1 Å². The number of nitrogens with one attached hydrogen (secondary N) is 1. The molecule has 0 bridgehead atoms. The van der Waals surface area contributed by atoms with E-state index in [0.29, 0.717) is 16.6 Å². The Balaban J connectivity index is 1.81. The topological polar surface area (TPSA) is 97.1 Å². The SMILES string of the molecule is O=C(Cn1nnc2ccccc2c1=O)Nc1ccc(O)cc1. The van der Waals surface area contributed by atoms with Crippen LogP contribution in [0.3, 0.4) is 0 Å². The van der Waals surface area contributed by atoms with E-state index < -0.39 is 5.91 Å². The van der Waals surface area contributed by atoms with Crippen molar-refractivity contribution in [2.45, 2.75) is 6.54 Å². The van der Waals surface area contributed by atoms with Crippen LogP contribution in [0.1, 0.15) is 0 Å². The summed E-state index contributed by atoms with van der Waals surface area (Å²) in [4.78, 5) is 24.2. The summed E-state index contributed by atoms with van der Waals surface area (Å²) in [6, 6.07) is 12.8. The Kier molecular flexibility index (Phi) is 3.53. The van der Waals surface area contributed by atoms with E-state index in [4.69, 9.17) is 0 Å². The fraction of sp³-hybridized carbons (Fsp3) is 0.0667. The number of amides is 1. The molecule has 1 amide bonds. The number of hydrogen-bond acceptors (Lipinski definition) is 5. The monoisotopic (exact) mass is 296 g/mol. The molecule has 3 aromatic rings. The molecular weight excluding hydrogens is 284 g/mol. The molecule has 0 aliphatic heterocycles. The third-order valence-corrected chi connectivity index (χ3v) is 3.07. The van der Waals surface area contributed by atoms with E-state index in [-0.39, 0.29) is 17.9 Å². The van der Waals surface area contributed by atoms with Gasteiger partial charge in [-0.2, -0.15) is 0 Å². The van der Waals surface area contributed by atoms with Gasteiger partial charge in [-0.15, -0.1) is 5.10 Å². The fourth-order valence-corrected chi connectivity index (χ4v) is 2.01. The maximum absolute atomic E-state index is 12.2. The van der Waals surface area contributed by atoms with Gasteiger partial charge in [-0.3, -0.25) is 9.59 Å². The van der Waals surface area contributed by atoms with Crippen LogP contribution in [-0.2, 0) is 11.3 Å². The smallest absolute Gasteiger partial charge is 0.278 e. The summed E-state index contributed by atoms with van der Waals surface area (Å²) in [5.74, 6) is -0.299. The van der Waals surface area contributed by atoms with Crippen molar-refractivity contribution < 1.29 is 9.90 Å². The largest absolute Gasteiger partial charge is 0.508 e. The highest BCUT2D eigenvalue weighted by Gasteiger charge is 2.09. The van der Waals surface area contributed by atoms with Gasteiger partial charge < -0.3 is 10.4 Å². The first-order chi connectivity index (χ1) is 10.6. The first-order valence-electron chi connectivity index (χ1n) is 6.55. The predicted octanol–water partition coefficient (Wildman–Crippen LogP) is 1.14. The molecule has 0 unspecified atom stereocenters. The van der Waals surface area contributed by atoms with Crippen LogP contribution in [0.2, 0.25) is 0 Å². The second kappa shape index (κ2) is 5.65. The van der Waals surface area contributed by atoms with Crippen LogP contribution in [0.15, 0.2) is 53.3 Å². The van der Waals surface area contributed by atoms with Crippen molar-refractivity contribution in [3.05, 3.63) is 58.9 Å². The number of hydrogen-bond donors (Lipinski definition) is 2. The molecule has 7 nitrogen and oxygen atoms in total. The number of aromatic nitrogens is 3. The molecule has 0 fully saturated rings. The first-order valence-corrected chi connectivity index (χ1v) is 6.55. The lowest BCUT2D eigenvalue weighted by molar-refractivity contribution is -0.117. The zero-order valence-electron chi connectivity index (χ0n) is 11.4. The Hall–Kier alpha value is -3.22. The van der Waals surface area contributed by atoms with E-state index in [1.54, 1.807) is 36.4 Å². The van der Waals surface area contributed by atoms with Crippen molar-refractivity contribution in [1.29, 1.82) is 0 Å². The van der Waals surface area contributed by atoms with Gasteiger partial charge in [-0.1, -0.05) is 17.3 Å². The standard InChI is InChI=1S/C15H12N4O3/c20-11-7-5-10(6-8-11)16-14(21)9-19-15(22)12-3-1-2-4-13(12)17-18-19/h1-8,20H,9H2,(H,16,21). The van der Waals surface area contributed by atoms with Crippen LogP contribution in [0.4, 0.5) is 5.69 Å². The molecule has 0 atom stereocenters. The van der Waals surface area contributed by atoms with Crippen molar-refractivity contribution in [3.8, 4) is 5.75 Å². The van der Waals surface area contributed by atoms with E-state index >= 15 is 0 Å². The summed E-state index contributed by atoms with van der Waals surface area (Å²) in [5, 5.41) is 19.9. The van der Waals surface area contributed by atoms with Crippen molar-refractivity contribution in [1.82, 2.24) is 15.0 Å². The van der Waals surface area contributed by atoms with Crippen LogP contribution in [0.5, 0.6) is 5.75 Å². The van der Waals surface area contributed by atoms with Gasteiger partial charge in [0.25, 0.3) is 5.56 Å². The summed E-state index contributed by atoms with van der Waals surface area (Å²) in [6.45, 7) is -0.239. The van der Waals surface area contributed by atoms with Crippen molar-refractivity contribution in [2.75, 3.05) is 5.32 Å². The third-order valence-electron chi connectivity index (χ3n) is 3.07. The molecule has 1 heterocycles. The number of fused-ring (bicyclic) bond motifs is 1. The van der Waals surface area contributed by atoms with E-state index in [2.05, 4.69) is 15.6 Å². The summed E-state index contributed by atoms with van der Waals surface area (Å²) in [5.41, 5.74) is 0.638. The molecule has 0 spiro atoms. The number of carbonyl (C=O) groups is 1. The maximum Gasteiger partial charge on any atom is 0.278 e. The number of phenols is 1. The van der Waals surface area contributed by atoms with Gasteiger partial charge in [0.2, 0.25) is 5.91 Å². The minimum absolute atomic E-state index is 0.106. The Morgan fingerprint density at radius 3 is 2.64 bits per heavy atom. The zero-order chi connectivity index (χ0) is 15.5. The van der Waals surface area contributed by atoms with Crippen LogP contribution in [0.25, 0.3) is 10.9 Å². The number of aromatic hydroxyl groups is 1. The zero-order valence-corrected chi connectivity index (χ0v) is 11.4. The summed E-state index contributed by atoms with van der Waals surface area (Å²) >= 11 is 0. The lowest BCUT2D eigenvalue weighted by Gasteiger charge is -2.06. The quantitative estimate of drug-likeness (QED) is 0.706.